The fourth-order valence-corrected chi connectivity index (χ4v) is 5.58. The van der Waals surface area contributed by atoms with Gasteiger partial charge < -0.3 is 9.64 Å². The summed E-state index contributed by atoms with van der Waals surface area (Å²) in [5.41, 5.74) is 0. The Labute approximate surface area is 199 Å². The molecule has 0 aliphatic carbocycles. The molecule has 3 rings (SSSR count). The number of benzene rings is 1. The lowest BCUT2D eigenvalue weighted by molar-refractivity contribution is -0.140. The van der Waals surface area contributed by atoms with Crippen molar-refractivity contribution >= 4 is 44.9 Å². The molecule has 1 atom stereocenters. The number of esters is 1. The number of nitrogens with zero attached hydrogens (tertiary/aromatic N) is 1. The molecule has 1 aromatic heterocycles. The molecule has 1 aliphatic heterocycles. The molecular weight excluding hydrogens is 442 g/mol. The van der Waals surface area contributed by atoms with Crippen LogP contribution in [0.3, 0.4) is 0 Å². The highest BCUT2D eigenvalue weighted by Crippen LogP contribution is 2.36. The number of unbranched alkanes of at least 4 members (excludes halogenated alkanes) is 2. The van der Waals surface area contributed by atoms with Gasteiger partial charge in [0.2, 0.25) is 5.91 Å². The molecule has 0 unspecified atom stereocenters. The summed E-state index contributed by atoms with van der Waals surface area (Å²) in [7, 11) is 1.41. The number of methoxy groups -OCH3 is 1. The molecule has 4 nitrogen and oxygen atoms in total. The molecule has 2 heterocycles. The van der Waals surface area contributed by atoms with Gasteiger partial charge in [-0.25, -0.2) is 0 Å². The first-order valence-electron chi connectivity index (χ1n) is 11.4. The Morgan fingerprint density at radius 3 is 2.84 bits per heavy atom. The van der Waals surface area contributed by atoms with E-state index in [0.717, 1.165) is 55.4 Å². The van der Waals surface area contributed by atoms with Gasteiger partial charge in [0.05, 0.1) is 18.2 Å². The third-order valence-electron chi connectivity index (χ3n) is 5.79. The van der Waals surface area contributed by atoms with E-state index in [1.54, 1.807) is 11.3 Å². The van der Waals surface area contributed by atoms with Crippen LogP contribution in [0.15, 0.2) is 48.6 Å². The zero-order chi connectivity index (χ0) is 22.8. The van der Waals surface area contributed by atoms with Gasteiger partial charge in [0, 0.05) is 34.3 Å². The molecule has 0 saturated carbocycles. The van der Waals surface area contributed by atoms with E-state index in [0.29, 0.717) is 19.4 Å². The molecule has 32 heavy (non-hydrogen) atoms. The van der Waals surface area contributed by atoms with E-state index in [1.165, 1.54) is 16.7 Å². The van der Waals surface area contributed by atoms with Crippen molar-refractivity contribution in [2.45, 2.75) is 63.8 Å². The van der Waals surface area contributed by atoms with Crippen LogP contribution in [0.25, 0.3) is 10.1 Å². The van der Waals surface area contributed by atoms with Gasteiger partial charge in [-0.05, 0) is 51.0 Å². The fourth-order valence-electron chi connectivity index (χ4n) is 4.02. The standard InChI is InChI=1S/C26H32ClNO3S/c1-31-25(30)18-7-2-3-10-19-28-20(13-11-17-24(28)29)12-5-4-6-16-23-26(27)21-14-8-9-15-22(21)32-23/h3,5,8-10,12,14-15,20H,2,4,6-7,11,13,16-19H2,1H3/b10-3-,12-5+/t20-/m0/s1. The van der Waals surface area contributed by atoms with Crippen LogP contribution < -0.4 is 0 Å². The van der Waals surface area contributed by atoms with Gasteiger partial charge in [-0.3, -0.25) is 9.59 Å². The van der Waals surface area contributed by atoms with Crippen LogP contribution in [0.1, 0.15) is 56.2 Å². The number of aryl methyl sites for hydroxylation is 1. The van der Waals surface area contributed by atoms with Crippen molar-refractivity contribution in [1.29, 1.82) is 0 Å². The molecule has 0 N–H and O–H groups in total. The molecule has 172 valence electrons. The summed E-state index contributed by atoms with van der Waals surface area (Å²) in [6.45, 7) is 0.628. The van der Waals surface area contributed by atoms with E-state index in [1.807, 2.05) is 17.0 Å². The maximum Gasteiger partial charge on any atom is 0.305 e. The predicted molar refractivity (Wildman–Crippen MR) is 133 cm³/mol. The van der Waals surface area contributed by atoms with Crippen molar-refractivity contribution in [2.24, 2.45) is 0 Å². The Balaban J connectivity index is 1.44. The molecule has 0 spiro atoms. The monoisotopic (exact) mass is 473 g/mol. The number of likely N-dealkylation sites (tertiary alicyclic amines) is 1. The van der Waals surface area contributed by atoms with Crippen LogP contribution in [0, 0.1) is 0 Å². The second-order valence-corrected chi connectivity index (χ2v) is 9.62. The van der Waals surface area contributed by atoms with Crippen molar-refractivity contribution in [3.05, 3.63) is 58.5 Å². The van der Waals surface area contributed by atoms with Gasteiger partial charge in [0.1, 0.15) is 0 Å². The molecule has 1 fully saturated rings. The SMILES string of the molecule is COC(=O)CCC/C=C\CN1C(=O)CCC[C@@H]1/C=C/CCCc1sc2ccccc2c1Cl. The highest BCUT2D eigenvalue weighted by atomic mass is 35.5. The molecule has 1 amide bonds. The minimum atomic E-state index is -0.176. The summed E-state index contributed by atoms with van der Waals surface area (Å²) in [4.78, 5) is 26.8. The number of allylic oxidation sites excluding steroid dienone is 2. The Kier molecular flexibility index (Phi) is 9.82. The van der Waals surface area contributed by atoms with Crippen LogP contribution in [-0.4, -0.2) is 36.5 Å². The Morgan fingerprint density at radius 1 is 1.22 bits per heavy atom. The second kappa shape index (κ2) is 12.8. The van der Waals surface area contributed by atoms with Gasteiger partial charge in [-0.1, -0.05) is 54.1 Å². The number of thiophene rings is 1. The fraction of sp³-hybridized carbons (Fsp3) is 0.462. The van der Waals surface area contributed by atoms with Gasteiger partial charge in [-0.15, -0.1) is 11.3 Å². The maximum absolute atomic E-state index is 12.4. The second-order valence-electron chi connectivity index (χ2n) is 8.10. The Hall–Kier alpha value is -2.11. The number of amides is 1. The number of rotatable bonds is 11. The Morgan fingerprint density at radius 2 is 2.03 bits per heavy atom. The topological polar surface area (TPSA) is 46.6 Å². The zero-order valence-corrected chi connectivity index (χ0v) is 20.3. The van der Waals surface area contributed by atoms with E-state index >= 15 is 0 Å². The average Bonchev–Trinajstić information content (AvgIpc) is 3.12. The molecule has 0 radical (unpaired) electrons. The molecule has 2 aromatic rings. The number of carbonyl (C=O) groups excluding carboxylic acids is 2. The third kappa shape index (κ3) is 6.94. The smallest absolute Gasteiger partial charge is 0.305 e. The summed E-state index contributed by atoms with van der Waals surface area (Å²) >= 11 is 8.33. The third-order valence-corrected chi connectivity index (χ3v) is 7.57. The van der Waals surface area contributed by atoms with Crippen LogP contribution in [0.4, 0.5) is 0 Å². The molecular formula is C26H32ClNO3S. The number of piperidine rings is 1. The number of fused-ring (bicyclic) bond motifs is 1. The van der Waals surface area contributed by atoms with E-state index in [2.05, 4.69) is 41.2 Å². The quantitative estimate of drug-likeness (QED) is 0.207. The Bertz CT molecular complexity index is 965. The molecule has 1 saturated heterocycles. The number of hydrogen-bond acceptors (Lipinski definition) is 4. The summed E-state index contributed by atoms with van der Waals surface area (Å²) in [5.74, 6) is 0.0478. The lowest BCUT2D eigenvalue weighted by atomic mass is 10.0. The highest BCUT2D eigenvalue weighted by Gasteiger charge is 2.24. The summed E-state index contributed by atoms with van der Waals surface area (Å²) < 4.78 is 5.90. The molecule has 0 bridgehead atoms. The minimum absolute atomic E-state index is 0.170. The normalized spacial score (nSPS) is 17.1. The summed E-state index contributed by atoms with van der Waals surface area (Å²) in [5, 5.41) is 2.05. The van der Waals surface area contributed by atoms with Crippen LogP contribution in [-0.2, 0) is 20.7 Å². The van der Waals surface area contributed by atoms with Crippen LogP contribution >= 0.6 is 22.9 Å². The van der Waals surface area contributed by atoms with E-state index in [4.69, 9.17) is 11.6 Å². The summed E-state index contributed by atoms with van der Waals surface area (Å²) in [6, 6.07) is 8.46. The lowest BCUT2D eigenvalue weighted by Gasteiger charge is -2.33. The number of halogens is 1. The number of carbonyl (C=O) groups is 2. The lowest BCUT2D eigenvalue weighted by Crippen LogP contribution is -2.42. The van der Waals surface area contributed by atoms with Crippen molar-refractivity contribution in [1.82, 2.24) is 4.90 Å². The maximum atomic E-state index is 12.4. The number of ether oxygens (including phenoxy) is 1. The zero-order valence-electron chi connectivity index (χ0n) is 18.7. The van der Waals surface area contributed by atoms with E-state index in [-0.39, 0.29) is 17.9 Å². The predicted octanol–water partition coefficient (Wildman–Crippen LogP) is 6.71. The van der Waals surface area contributed by atoms with E-state index < -0.39 is 0 Å². The first kappa shape index (κ1) is 24.5. The minimum Gasteiger partial charge on any atom is -0.469 e. The van der Waals surface area contributed by atoms with Crippen molar-refractivity contribution in [3.8, 4) is 0 Å². The first-order valence-corrected chi connectivity index (χ1v) is 12.6. The van der Waals surface area contributed by atoms with Crippen molar-refractivity contribution in [2.75, 3.05) is 13.7 Å². The molecule has 6 heteroatoms. The van der Waals surface area contributed by atoms with E-state index in [9.17, 15) is 9.59 Å². The van der Waals surface area contributed by atoms with Gasteiger partial charge in [0.15, 0.2) is 0 Å². The van der Waals surface area contributed by atoms with Crippen molar-refractivity contribution < 1.29 is 14.3 Å². The van der Waals surface area contributed by atoms with Crippen LogP contribution in [0.5, 0.6) is 0 Å². The first-order chi connectivity index (χ1) is 15.6. The van der Waals surface area contributed by atoms with Crippen molar-refractivity contribution in [3.63, 3.8) is 0 Å². The largest absolute Gasteiger partial charge is 0.469 e. The summed E-state index contributed by atoms with van der Waals surface area (Å²) in [6.07, 6.45) is 16.1. The number of hydrogen-bond donors (Lipinski definition) is 0. The van der Waals surface area contributed by atoms with Gasteiger partial charge in [0.25, 0.3) is 0 Å². The average molecular weight is 474 g/mol. The molecule has 1 aromatic carbocycles. The van der Waals surface area contributed by atoms with Crippen LogP contribution in [0.2, 0.25) is 5.02 Å². The molecule has 1 aliphatic rings. The van der Waals surface area contributed by atoms with Gasteiger partial charge in [-0.2, -0.15) is 0 Å². The highest BCUT2D eigenvalue weighted by molar-refractivity contribution is 7.19. The van der Waals surface area contributed by atoms with Gasteiger partial charge >= 0.3 is 5.97 Å².